The van der Waals surface area contributed by atoms with Crippen LogP contribution in [0.1, 0.15) is 11.4 Å². The molecule has 3 rings (SSSR count). The first-order valence-corrected chi connectivity index (χ1v) is 6.46. The molecule has 0 fully saturated rings. The molecule has 1 aromatic carbocycles. The van der Waals surface area contributed by atoms with Crippen LogP contribution in [0, 0.1) is 6.92 Å². The van der Waals surface area contributed by atoms with Crippen molar-refractivity contribution in [1.82, 2.24) is 19.5 Å². The molecule has 0 aromatic heterocycles. The van der Waals surface area contributed by atoms with Crippen LogP contribution in [-0.4, -0.2) is 19.5 Å². The number of halogens is 4. The summed E-state index contributed by atoms with van der Waals surface area (Å²) in [7, 11) is 0. The van der Waals surface area contributed by atoms with Crippen LogP contribution in [0.5, 0.6) is 0 Å². The van der Waals surface area contributed by atoms with Gasteiger partial charge in [-0.3, -0.25) is 4.57 Å². The third-order valence-corrected chi connectivity index (χ3v) is 3.45. The van der Waals surface area contributed by atoms with Gasteiger partial charge in [-0.05, 0) is 25.1 Å². The number of nitrogens with one attached hydrogen (secondary N) is 1. The second-order valence-corrected chi connectivity index (χ2v) is 4.99. The zero-order chi connectivity index (χ0) is 16.1. The van der Waals surface area contributed by atoms with Gasteiger partial charge in [0, 0.05) is 5.69 Å². The number of aryl methyl sites for hydroxylation is 1. The molecule has 9 heteroatoms. The highest BCUT2D eigenvalue weighted by Crippen LogP contribution is 2.36. The highest BCUT2D eigenvalue weighted by Gasteiger charge is 2.33. The Balaban J connectivity index is 2.29. The largest absolute Gasteiger partial charge is 0.417 e. The Labute approximate surface area is 126 Å². The van der Waals surface area contributed by atoms with Gasteiger partial charge in [-0.15, -0.1) is 0 Å². The highest BCUT2D eigenvalue weighted by molar-refractivity contribution is 6.31. The maximum Gasteiger partial charge on any atom is 0.417 e. The van der Waals surface area contributed by atoms with Crippen LogP contribution in [0.25, 0.3) is 17.2 Å². The Morgan fingerprint density at radius 2 is 2.05 bits per heavy atom. The van der Waals surface area contributed by atoms with Crippen molar-refractivity contribution in [2.45, 2.75) is 13.1 Å². The molecule has 2 aliphatic heterocycles. The first kappa shape index (κ1) is 14.6. The number of imidazole rings is 1. The van der Waals surface area contributed by atoms with Gasteiger partial charge in [0.15, 0.2) is 5.82 Å². The van der Waals surface area contributed by atoms with Crippen molar-refractivity contribution in [2.24, 2.45) is 0 Å². The van der Waals surface area contributed by atoms with E-state index in [9.17, 15) is 18.0 Å². The van der Waals surface area contributed by atoms with Gasteiger partial charge in [0.2, 0.25) is 0 Å². The minimum atomic E-state index is -4.59. The van der Waals surface area contributed by atoms with Crippen LogP contribution in [0.2, 0.25) is 5.02 Å². The van der Waals surface area contributed by atoms with Crippen molar-refractivity contribution in [1.29, 1.82) is 0 Å². The molecule has 0 bridgehead atoms. The van der Waals surface area contributed by atoms with E-state index in [0.29, 0.717) is 11.5 Å². The summed E-state index contributed by atoms with van der Waals surface area (Å²) in [6.45, 7) is 1.60. The van der Waals surface area contributed by atoms with E-state index in [0.717, 1.165) is 12.1 Å². The number of benzene rings is 1. The molecule has 5 nitrogen and oxygen atoms in total. The molecule has 0 unspecified atom stereocenters. The van der Waals surface area contributed by atoms with Crippen LogP contribution in [0.15, 0.2) is 29.2 Å². The molecule has 0 spiro atoms. The average molecular weight is 329 g/mol. The lowest BCUT2D eigenvalue weighted by Crippen LogP contribution is -2.11. The van der Waals surface area contributed by atoms with E-state index < -0.39 is 22.5 Å². The molecule has 2 heterocycles. The summed E-state index contributed by atoms with van der Waals surface area (Å²) in [6.07, 6.45) is -3.19. The van der Waals surface area contributed by atoms with E-state index in [4.69, 9.17) is 11.6 Å². The first-order chi connectivity index (χ1) is 10.3. The molecule has 0 atom stereocenters. The quantitative estimate of drug-likeness (QED) is 0.746. The van der Waals surface area contributed by atoms with Crippen molar-refractivity contribution < 1.29 is 13.2 Å². The van der Waals surface area contributed by atoms with Gasteiger partial charge in [0.25, 0.3) is 0 Å². The number of rotatable bonds is 1. The Morgan fingerprint density at radius 1 is 1.32 bits per heavy atom. The third kappa shape index (κ3) is 2.35. The SMILES string of the molecule is Cc1ncc2[nH]c(=O)nc-2n1-c1ccc(Cl)c(C(F)(F)F)c1. The summed E-state index contributed by atoms with van der Waals surface area (Å²) in [5, 5.41) is -0.402. The van der Waals surface area contributed by atoms with Crippen LogP contribution >= 0.6 is 11.6 Å². The Hall–Kier alpha value is -2.35. The Bertz CT molecular complexity index is 884. The van der Waals surface area contributed by atoms with Crippen LogP contribution in [-0.2, 0) is 6.18 Å². The lowest BCUT2D eigenvalue weighted by molar-refractivity contribution is -0.137. The van der Waals surface area contributed by atoms with E-state index >= 15 is 0 Å². The number of alkyl halides is 3. The van der Waals surface area contributed by atoms with Crippen LogP contribution in [0.3, 0.4) is 0 Å². The topological polar surface area (TPSA) is 63.6 Å². The van der Waals surface area contributed by atoms with Gasteiger partial charge in [0.05, 0.1) is 16.8 Å². The van der Waals surface area contributed by atoms with Gasteiger partial charge in [0.1, 0.15) is 11.5 Å². The van der Waals surface area contributed by atoms with E-state index in [2.05, 4.69) is 15.0 Å². The lowest BCUT2D eigenvalue weighted by Gasteiger charge is -2.16. The molecule has 114 valence electrons. The Kier molecular flexibility index (Phi) is 3.21. The molecule has 22 heavy (non-hydrogen) atoms. The third-order valence-electron chi connectivity index (χ3n) is 3.12. The number of hydrogen-bond donors (Lipinski definition) is 1. The summed E-state index contributed by atoms with van der Waals surface area (Å²) >= 11 is 5.61. The molecule has 0 aliphatic carbocycles. The molecule has 1 aromatic rings. The monoisotopic (exact) mass is 328 g/mol. The number of fused-ring (bicyclic) bond motifs is 1. The van der Waals surface area contributed by atoms with Crippen LogP contribution < -0.4 is 5.69 Å². The van der Waals surface area contributed by atoms with Crippen molar-refractivity contribution in [3.8, 4) is 17.2 Å². The van der Waals surface area contributed by atoms with E-state index in [1.165, 1.54) is 16.8 Å². The highest BCUT2D eigenvalue weighted by atomic mass is 35.5. The molecule has 0 radical (unpaired) electrons. The number of aromatic nitrogens is 4. The molecule has 2 aliphatic rings. The van der Waals surface area contributed by atoms with Gasteiger partial charge in [-0.2, -0.15) is 18.2 Å². The van der Waals surface area contributed by atoms with Gasteiger partial charge in [-0.1, -0.05) is 11.6 Å². The predicted molar refractivity (Wildman–Crippen MR) is 73.4 cm³/mol. The number of nitrogens with zero attached hydrogens (tertiary/aromatic N) is 3. The van der Waals surface area contributed by atoms with Crippen LogP contribution in [0.4, 0.5) is 13.2 Å². The Morgan fingerprint density at radius 3 is 2.73 bits per heavy atom. The minimum Gasteiger partial charge on any atom is -0.301 e. The van der Waals surface area contributed by atoms with Gasteiger partial charge in [-0.25, -0.2) is 9.78 Å². The molecule has 0 amide bonds. The fourth-order valence-electron chi connectivity index (χ4n) is 2.16. The molecule has 1 N–H and O–H groups in total. The normalized spacial score (nSPS) is 12.0. The zero-order valence-electron chi connectivity index (χ0n) is 11.1. The number of H-pyrrole nitrogens is 1. The lowest BCUT2D eigenvalue weighted by atomic mass is 10.2. The predicted octanol–water partition coefficient (Wildman–Crippen LogP) is 3.04. The summed E-state index contributed by atoms with van der Waals surface area (Å²) in [5.74, 6) is 0.586. The van der Waals surface area contributed by atoms with E-state index in [1.54, 1.807) is 6.92 Å². The standard InChI is InChI=1S/C13H8ClF3N4O/c1-6-18-5-10-11(20-12(22)19-10)21(6)7-2-3-9(14)8(4-7)13(15,16)17/h2-5H,1H3,(H,19,22). The summed E-state index contributed by atoms with van der Waals surface area (Å²) in [5.41, 5.74) is -1.06. The fraction of sp³-hybridized carbons (Fsp3) is 0.154. The average Bonchev–Trinajstić information content (AvgIpc) is 2.79. The zero-order valence-corrected chi connectivity index (χ0v) is 11.8. The van der Waals surface area contributed by atoms with Gasteiger partial charge < -0.3 is 4.98 Å². The van der Waals surface area contributed by atoms with Crippen molar-refractivity contribution in [3.05, 3.63) is 51.3 Å². The van der Waals surface area contributed by atoms with Crippen molar-refractivity contribution >= 4 is 11.6 Å². The molecule has 0 saturated heterocycles. The summed E-state index contributed by atoms with van der Waals surface area (Å²) in [6, 6.07) is 3.45. The van der Waals surface area contributed by atoms with E-state index in [1.807, 2.05) is 0 Å². The minimum absolute atomic E-state index is 0.166. The second-order valence-electron chi connectivity index (χ2n) is 4.58. The maximum absolute atomic E-state index is 13.0. The maximum atomic E-state index is 13.0. The molecular formula is C13H8ClF3N4O. The van der Waals surface area contributed by atoms with Gasteiger partial charge >= 0.3 is 11.9 Å². The second kappa shape index (κ2) is 4.84. The summed E-state index contributed by atoms with van der Waals surface area (Å²) < 4.78 is 40.3. The van der Waals surface area contributed by atoms with Crippen molar-refractivity contribution in [3.63, 3.8) is 0 Å². The number of aromatic amines is 1. The van der Waals surface area contributed by atoms with Crippen molar-refractivity contribution in [2.75, 3.05) is 0 Å². The number of hydrogen-bond acceptors (Lipinski definition) is 3. The first-order valence-electron chi connectivity index (χ1n) is 6.09. The smallest absolute Gasteiger partial charge is 0.301 e. The molecule has 0 saturated carbocycles. The fourth-order valence-corrected chi connectivity index (χ4v) is 2.39. The molecular weight excluding hydrogens is 321 g/mol. The van der Waals surface area contributed by atoms with E-state index in [-0.39, 0.29) is 11.5 Å². The summed E-state index contributed by atoms with van der Waals surface area (Å²) in [4.78, 5) is 21.6.